The Morgan fingerprint density at radius 3 is 2.58 bits per heavy atom. The van der Waals surface area contributed by atoms with Crippen molar-refractivity contribution in [3.8, 4) is 0 Å². The quantitative estimate of drug-likeness (QED) is 0.570. The molecule has 2 N–H and O–H groups in total. The van der Waals surface area contributed by atoms with Crippen LogP contribution in [0.15, 0.2) is 42.5 Å². The van der Waals surface area contributed by atoms with Crippen molar-refractivity contribution >= 4 is 34.8 Å². The number of hydrogen-bond donors (Lipinski definition) is 2. The van der Waals surface area contributed by atoms with Gasteiger partial charge < -0.3 is 10.6 Å². The standard InChI is InChI=1S/C18H18ClN3O4/c1-2-9-20-18(24)14-8-7-13(11-15(14)19)21-17(23)10-12-5-3-4-6-16(12)22(25)26/h3-8,11H,2,9-10H2,1H3,(H,20,24)(H,21,23). The van der Waals surface area contributed by atoms with Crippen LogP contribution in [-0.2, 0) is 11.2 Å². The first-order valence-corrected chi connectivity index (χ1v) is 8.40. The summed E-state index contributed by atoms with van der Waals surface area (Å²) in [5.41, 5.74) is 0.933. The highest BCUT2D eigenvalue weighted by atomic mass is 35.5. The van der Waals surface area contributed by atoms with Gasteiger partial charge >= 0.3 is 0 Å². The third-order valence-corrected chi connectivity index (χ3v) is 3.89. The summed E-state index contributed by atoms with van der Waals surface area (Å²) < 4.78 is 0. The highest BCUT2D eigenvalue weighted by molar-refractivity contribution is 6.34. The van der Waals surface area contributed by atoms with E-state index in [0.29, 0.717) is 23.4 Å². The van der Waals surface area contributed by atoms with Gasteiger partial charge in [-0.25, -0.2) is 0 Å². The lowest BCUT2D eigenvalue weighted by Gasteiger charge is -2.09. The molecule has 2 aromatic rings. The maximum absolute atomic E-state index is 12.2. The molecule has 0 aliphatic carbocycles. The van der Waals surface area contributed by atoms with Gasteiger partial charge in [0.05, 0.1) is 21.9 Å². The second kappa shape index (κ2) is 8.96. The second-order valence-corrected chi connectivity index (χ2v) is 5.97. The number of para-hydroxylation sites is 1. The van der Waals surface area contributed by atoms with E-state index in [4.69, 9.17) is 11.6 Å². The Morgan fingerprint density at radius 2 is 1.92 bits per heavy atom. The predicted molar refractivity (Wildman–Crippen MR) is 99.5 cm³/mol. The molecule has 0 spiro atoms. The van der Waals surface area contributed by atoms with E-state index in [0.717, 1.165) is 6.42 Å². The number of halogens is 1. The normalized spacial score (nSPS) is 10.2. The fraction of sp³-hybridized carbons (Fsp3) is 0.222. The molecular weight excluding hydrogens is 358 g/mol. The van der Waals surface area contributed by atoms with Crippen LogP contribution in [0.5, 0.6) is 0 Å². The van der Waals surface area contributed by atoms with Gasteiger partial charge in [-0.05, 0) is 24.6 Å². The first-order chi connectivity index (χ1) is 12.4. The van der Waals surface area contributed by atoms with E-state index in [1.165, 1.54) is 24.3 Å². The molecule has 0 aliphatic rings. The number of anilines is 1. The van der Waals surface area contributed by atoms with Gasteiger partial charge in [0.2, 0.25) is 5.91 Å². The van der Waals surface area contributed by atoms with Crippen molar-refractivity contribution in [2.75, 3.05) is 11.9 Å². The van der Waals surface area contributed by atoms with Gasteiger partial charge in [-0.3, -0.25) is 19.7 Å². The highest BCUT2D eigenvalue weighted by Gasteiger charge is 2.16. The number of amides is 2. The summed E-state index contributed by atoms with van der Waals surface area (Å²) in [4.78, 5) is 34.6. The summed E-state index contributed by atoms with van der Waals surface area (Å²) in [5, 5.41) is 16.6. The van der Waals surface area contributed by atoms with Crippen molar-refractivity contribution in [2.24, 2.45) is 0 Å². The van der Waals surface area contributed by atoms with Crippen LogP contribution in [0.4, 0.5) is 11.4 Å². The van der Waals surface area contributed by atoms with Gasteiger partial charge in [0.1, 0.15) is 0 Å². The van der Waals surface area contributed by atoms with Crippen molar-refractivity contribution in [1.82, 2.24) is 5.32 Å². The summed E-state index contributed by atoms with van der Waals surface area (Å²) in [6.45, 7) is 2.49. The van der Waals surface area contributed by atoms with Crippen LogP contribution in [-0.4, -0.2) is 23.3 Å². The molecule has 26 heavy (non-hydrogen) atoms. The number of carbonyl (C=O) groups excluding carboxylic acids is 2. The molecule has 2 amide bonds. The second-order valence-electron chi connectivity index (χ2n) is 5.56. The van der Waals surface area contributed by atoms with Crippen LogP contribution < -0.4 is 10.6 Å². The number of carbonyl (C=O) groups is 2. The van der Waals surface area contributed by atoms with Crippen LogP contribution in [0.2, 0.25) is 5.02 Å². The Kier molecular flexibility index (Phi) is 6.68. The SMILES string of the molecule is CCCNC(=O)c1ccc(NC(=O)Cc2ccccc2[N+](=O)[O-])cc1Cl. The summed E-state index contributed by atoms with van der Waals surface area (Å²) in [5.74, 6) is -0.701. The maximum Gasteiger partial charge on any atom is 0.273 e. The van der Waals surface area contributed by atoms with Gasteiger partial charge in [0.25, 0.3) is 11.6 Å². The molecule has 0 saturated carbocycles. The molecule has 2 rings (SSSR count). The van der Waals surface area contributed by atoms with Crippen LogP contribution in [0.25, 0.3) is 0 Å². The van der Waals surface area contributed by atoms with Crippen molar-refractivity contribution in [3.05, 3.63) is 68.7 Å². The minimum atomic E-state index is -0.525. The van der Waals surface area contributed by atoms with Crippen molar-refractivity contribution in [1.29, 1.82) is 0 Å². The first kappa shape index (κ1) is 19.4. The van der Waals surface area contributed by atoms with Crippen molar-refractivity contribution in [3.63, 3.8) is 0 Å². The molecule has 0 aromatic heterocycles. The molecule has 0 saturated heterocycles. The maximum atomic E-state index is 12.2. The minimum absolute atomic E-state index is 0.108. The molecule has 136 valence electrons. The van der Waals surface area contributed by atoms with Gasteiger partial charge in [0, 0.05) is 23.9 Å². The summed E-state index contributed by atoms with van der Waals surface area (Å²) in [6.07, 6.45) is 0.663. The molecule has 0 atom stereocenters. The zero-order valence-electron chi connectivity index (χ0n) is 14.1. The first-order valence-electron chi connectivity index (χ1n) is 8.02. The topological polar surface area (TPSA) is 101 Å². The molecule has 0 fully saturated rings. The number of nitro benzene ring substituents is 1. The smallest absolute Gasteiger partial charge is 0.273 e. The van der Waals surface area contributed by atoms with E-state index in [-0.39, 0.29) is 23.0 Å². The van der Waals surface area contributed by atoms with E-state index in [2.05, 4.69) is 10.6 Å². The number of benzene rings is 2. The number of rotatable bonds is 7. The molecule has 7 nitrogen and oxygen atoms in total. The third kappa shape index (κ3) is 5.03. The van der Waals surface area contributed by atoms with Crippen LogP contribution in [0, 0.1) is 10.1 Å². The predicted octanol–water partition coefficient (Wildman–Crippen LogP) is 3.57. The fourth-order valence-electron chi connectivity index (χ4n) is 2.33. The lowest BCUT2D eigenvalue weighted by atomic mass is 10.1. The number of nitrogens with one attached hydrogen (secondary N) is 2. The third-order valence-electron chi connectivity index (χ3n) is 3.57. The number of hydrogen-bond acceptors (Lipinski definition) is 4. The Bertz CT molecular complexity index is 839. The van der Waals surface area contributed by atoms with Crippen LogP contribution >= 0.6 is 11.6 Å². The number of nitrogens with zero attached hydrogens (tertiary/aromatic N) is 1. The van der Waals surface area contributed by atoms with E-state index < -0.39 is 10.8 Å². The van der Waals surface area contributed by atoms with E-state index in [1.807, 2.05) is 6.92 Å². The molecule has 8 heteroatoms. The summed E-state index contributed by atoms with van der Waals surface area (Å²) in [7, 11) is 0. The van der Waals surface area contributed by atoms with Crippen molar-refractivity contribution in [2.45, 2.75) is 19.8 Å². The molecule has 0 heterocycles. The summed E-state index contributed by atoms with van der Waals surface area (Å²) in [6, 6.07) is 10.6. The van der Waals surface area contributed by atoms with Gasteiger partial charge in [-0.15, -0.1) is 0 Å². The van der Waals surface area contributed by atoms with E-state index in [9.17, 15) is 19.7 Å². The number of nitro groups is 1. The molecule has 0 bridgehead atoms. The average molecular weight is 376 g/mol. The molecule has 2 aromatic carbocycles. The van der Waals surface area contributed by atoms with Crippen LogP contribution in [0.1, 0.15) is 29.3 Å². The lowest BCUT2D eigenvalue weighted by molar-refractivity contribution is -0.385. The van der Waals surface area contributed by atoms with Gasteiger partial charge in [0.15, 0.2) is 0 Å². The largest absolute Gasteiger partial charge is 0.352 e. The van der Waals surface area contributed by atoms with Crippen LogP contribution in [0.3, 0.4) is 0 Å². The minimum Gasteiger partial charge on any atom is -0.352 e. The van der Waals surface area contributed by atoms with Gasteiger partial charge in [-0.2, -0.15) is 0 Å². The van der Waals surface area contributed by atoms with E-state index in [1.54, 1.807) is 18.2 Å². The molecule has 0 aliphatic heterocycles. The fourth-order valence-corrected chi connectivity index (χ4v) is 2.59. The Balaban J connectivity index is 2.07. The van der Waals surface area contributed by atoms with Gasteiger partial charge in [-0.1, -0.05) is 36.7 Å². The lowest BCUT2D eigenvalue weighted by Crippen LogP contribution is -2.24. The zero-order valence-corrected chi connectivity index (χ0v) is 14.9. The Labute approximate surface area is 155 Å². The zero-order chi connectivity index (χ0) is 19.1. The highest BCUT2D eigenvalue weighted by Crippen LogP contribution is 2.22. The van der Waals surface area contributed by atoms with Crippen molar-refractivity contribution < 1.29 is 14.5 Å². The average Bonchev–Trinajstić information content (AvgIpc) is 2.60. The Morgan fingerprint density at radius 1 is 1.19 bits per heavy atom. The molecule has 0 radical (unpaired) electrons. The monoisotopic (exact) mass is 375 g/mol. The van der Waals surface area contributed by atoms with E-state index >= 15 is 0 Å². The molecular formula is C18H18ClN3O4. The Hall–Kier alpha value is -2.93. The molecule has 0 unspecified atom stereocenters. The summed E-state index contributed by atoms with van der Waals surface area (Å²) >= 11 is 6.11.